The molecule has 0 radical (unpaired) electrons. The van der Waals surface area contributed by atoms with E-state index in [1.165, 1.54) is 0 Å². The highest BCUT2D eigenvalue weighted by Gasteiger charge is 2.21. The van der Waals surface area contributed by atoms with Gasteiger partial charge in [0, 0.05) is 6.07 Å². The Labute approximate surface area is 90.2 Å². The van der Waals surface area contributed by atoms with E-state index in [-0.39, 0.29) is 10.0 Å². The van der Waals surface area contributed by atoms with Crippen molar-refractivity contribution in [3.63, 3.8) is 0 Å². The highest BCUT2D eigenvalue weighted by Crippen LogP contribution is 2.40. The van der Waals surface area contributed by atoms with Gasteiger partial charge >= 0.3 is 5.69 Å². The summed E-state index contributed by atoms with van der Waals surface area (Å²) in [5.41, 5.74) is 0.0358. The lowest BCUT2D eigenvalue weighted by molar-refractivity contribution is -0.385. The van der Waals surface area contributed by atoms with Crippen LogP contribution in [0.15, 0.2) is 6.07 Å². The van der Waals surface area contributed by atoms with Crippen molar-refractivity contribution in [2.45, 2.75) is 13.3 Å². The summed E-state index contributed by atoms with van der Waals surface area (Å²) in [6, 6.07) is 1.10. The minimum atomic E-state index is -0.730. The first-order valence-corrected chi connectivity index (χ1v) is 4.58. The fourth-order valence-electron chi connectivity index (χ4n) is 1.10. The van der Waals surface area contributed by atoms with Gasteiger partial charge in [-0.2, -0.15) is 0 Å². The van der Waals surface area contributed by atoms with Gasteiger partial charge in [0.05, 0.1) is 15.0 Å². The lowest BCUT2D eigenvalue weighted by atomic mass is 10.1. The van der Waals surface area contributed by atoms with Crippen LogP contribution >= 0.6 is 23.2 Å². The molecule has 14 heavy (non-hydrogen) atoms. The first-order chi connectivity index (χ1) is 6.49. The predicted molar refractivity (Wildman–Crippen MR) is 54.2 cm³/mol. The number of rotatable bonds is 2. The first kappa shape index (κ1) is 11.1. The van der Waals surface area contributed by atoms with Crippen LogP contribution in [0.2, 0.25) is 10.0 Å². The SMILES string of the molecule is CCc1c(Cl)cc([N+](=O)[O-])c(O)c1Cl. The van der Waals surface area contributed by atoms with Crippen molar-refractivity contribution in [3.8, 4) is 5.75 Å². The van der Waals surface area contributed by atoms with Gasteiger partial charge in [0.1, 0.15) is 0 Å². The fraction of sp³-hybridized carbons (Fsp3) is 0.250. The molecular weight excluding hydrogens is 229 g/mol. The van der Waals surface area contributed by atoms with Crippen LogP contribution in [0.3, 0.4) is 0 Å². The molecule has 0 bridgehead atoms. The molecule has 0 aliphatic carbocycles. The lowest BCUT2D eigenvalue weighted by Crippen LogP contribution is -1.93. The number of aromatic hydroxyl groups is 1. The van der Waals surface area contributed by atoms with Crippen molar-refractivity contribution in [2.75, 3.05) is 0 Å². The number of phenolic OH excluding ortho intramolecular Hbond substituents is 1. The maximum Gasteiger partial charge on any atom is 0.313 e. The van der Waals surface area contributed by atoms with Gasteiger partial charge in [-0.3, -0.25) is 10.1 Å². The Kier molecular flexibility index (Phi) is 3.18. The van der Waals surface area contributed by atoms with Crippen molar-refractivity contribution >= 4 is 28.9 Å². The standard InChI is InChI=1S/C8H7Cl2NO3/c1-2-4-5(9)3-6(11(13)14)8(12)7(4)10/h3,12H,2H2,1H3. The number of phenols is 1. The zero-order valence-electron chi connectivity index (χ0n) is 7.25. The topological polar surface area (TPSA) is 63.4 Å². The minimum absolute atomic E-state index is 0.0494. The molecule has 0 heterocycles. The minimum Gasteiger partial charge on any atom is -0.501 e. The number of halogens is 2. The molecule has 0 fully saturated rings. The number of benzene rings is 1. The largest absolute Gasteiger partial charge is 0.501 e. The van der Waals surface area contributed by atoms with Crippen LogP contribution in [0.5, 0.6) is 5.75 Å². The van der Waals surface area contributed by atoms with Gasteiger partial charge in [0.25, 0.3) is 0 Å². The molecule has 1 N–H and O–H groups in total. The molecule has 0 unspecified atom stereocenters. The lowest BCUT2D eigenvalue weighted by Gasteiger charge is -2.06. The molecule has 0 saturated heterocycles. The molecule has 4 nitrogen and oxygen atoms in total. The summed E-state index contributed by atoms with van der Waals surface area (Å²) in [6.45, 7) is 1.79. The van der Waals surface area contributed by atoms with Gasteiger partial charge in [-0.05, 0) is 12.0 Å². The van der Waals surface area contributed by atoms with E-state index < -0.39 is 16.4 Å². The predicted octanol–water partition coefficient (Wildman–Crippen LogP) is 3.17. The zero-order chi connectivity index (χ0) is 10.9. The Morgan fingerprint density at radius 2 is 2.14 bits per heavy atom. The Morgan fingerprint density at radius 1 is 1.57 bits per heavy atom. The fourth-order valence-corrected chi connectivity index (χ4v) is 1.81. The average Bonchev–Trinajstić information content (AvgIpc) is 2.12. The van der Waals surface area contributed by atoms with Crippen LogP contribution in [-0.4, -0.2) is 10.0 Å². The molecular formula is C8H7Cl2NO3. The van der Waals surface area contributed by atoms with Crippen LogP contribution in [0.25, 0.3) is 0 Å². The molecule has 0 aromatic heterocycles. The van der Waals surface area contributed by atoms with Crippen LogP contribution in [0.1, 0.15) is 12.5 Å². The third kappa shape index (κ3) is 1.76. The smallest absolute Gasteiger partial charge is 0.313 e. The summed E-state index contributed by atoms with van der Waals surface area (Å²) in [5.74, 6) is -0.530. The Hall–Kier alpha value is -1.00. The Balaban J connectivity index is 3.47. The number of hydrogen-bond donors (Lipinski definition) is 1. The molecule has 0 saturated carbocycles. The van der Waals surface area contributed by atoms with Crippen LogP contribution in [0, 0.1) is 10.1 Å². The van der Waals surface area contributed by atoms with Crippen molar-refractivity contribution in [1.82, 2.24) is 0 Å². The van der Waals surface area contributed by atoms with E-state index in [9.17, 15) is 15.2 Å². The zero-order valence-corrected chi connectivity index (χ0v) is 8.76. The van der Waals surface area contributed by atoms with E-state index in [1.54, 1.807) is 6.92 Å². The Morgan fingerprint density at radius 3 is 2.57 bits per heavy atom. The third-order valence-corrected chi connectivity index (χ3v) is 2.56. The molecule has 6 heteroatoms. The van der Waals surface area contributed by atoms with Gasteiger partial charge in [-0.15, -0.1) is 0 Å². The van der Waals surface area contributed by atoms with Gasteiger partial charge in [-0.25, -0.2) is 0 Å². The van der Waals surface area contributed by atoms with E-state index >= 15 is 0 Å². The summed E-state index contributed by atoms with van der Waals surface area (Å²) in [5, 5.41) is 20.0. The monoisotopic (exact) mass is 235 g/mol. The summed E-state index contributed by atoms with van der Waals surface area (Å²) >= 11 is 11.5. The van der Waals surface area contributed by atoms with Gasteiger partial charge < -0.3 is 5.11 Å². The molecule has 1 rings (SSSR count). The maximum absolute atomic E-state index is 10.5. The number of nitrogens with zero attached hydrogens (tertiary/aromatic N) is 1. The molecule has 1 aromatic rings. The second-order valence-electron chi connectivity index (χ2n) is 2.63. The van der Waals surface area contributed by atoms with Gasteiger partial charge in [0.15, 0.2) is 0 Å². The number of nitro benzene ring substituents is 1. The number of nitro groups is 1. The number of hydrogen-bond acceptors (Lipinski definition) is 3. The molecule has 0 spiro atoms. The quantitative estimate of drug-likeness (QED) is 0.633. The average molecular weight is 236 g/mol. The van der Waals surface area contributed by atoms with Gasteiger partial charge in [0.2, 0.25) is 5.75 Å². The van der Waals surface area contributed by atoms with Crippen molar-refractivity contribution in [3.05, 3.63) is 31.8 Å². The van der Waals surface area contributed by atoms with Crippen LogP contribution in [0.4, 0.5) is 5.69 Å². The van der Waals surface area contributed by atoms with E-state index in [2.05, 4.69) is 0 Å². The highest BCUT2D eigenvalue weighted by molar-refractivity contribution is 6.37. The summed E-state index contributed by atoms with van der Waals surface area (Å²) in [6.07, 6.45) is 0.503. The van der Waals surface area contributed by atoms with Crippen LogP contribution in [-0.2, 0) is 6.42 Å². The molecule has 1 aromatic carbocycles. The Bertz CT molecular complexity index is 393. The third-order valence-electron chi connectivity index (χ3n) is 1.82. The van der Waals surface area contributed by atoms with E-state index in [1.807, 2.05) is 0 Å². The highest BCUT2D eigenvalue weighted by atomic mass is 35.5. The molecule has 0 amide bonds. The van der Waals surface area contributed by atoms with Gasteiger partial charge in [-0.1, -0.05) is 30.1 Å². The van der Waals surface area contributed by atoms with Crippen LogP contribution < -0.4 is 0 Å². The molecule has 0 atom stereocenters. The van der Waals surface area contributed by atoms with E-state index in [0.29, 0.717) is 12.0 Å². The second kappa shape index (κ2) is 4.02. The normalized spacial score (nSPS) is 10.2. The summed E-state index contributed by atoms with van der Waals surface area (Å²) < 4.78 is 0. The van der Waals surface area contributed by atoms with E-state index in [0.717, 1.165) is 6.07 Å². The second-order valence-corrected chi connectivity index (χ2v) is 3.41. The molecule has 76 valence electrons. The summed E-state index contributed by atoms with van der Waals surface area (Å²) in [4.78, 5) is 9.72. The first-order valence-electron chi connectivity index (χ1n) is 3.83. The summed E-state index contributed by atoms with van der Waals surface area (Å²) in [7, 11) is 0. The molecule has 0 aliphatic heterocycles. The molecule has 0 aliphatic rings. The van der Waals surface area contributed by atoms with Crippen molar-refractivity contribution in [1.29, 1.82) is 0 Å². The van der Waals surface area contributed by atoms with E-state index in [4.69, 9.17) is 23.2 Å². The van der Waals surface area contributed by atoms with Crippen molar-refractivity contribution < 1.29 is 10.0 Å². The van der Waals surface area contributed by atoms with Crippen molar-refractivity contribution in [2.24, 2.45) is 0 Å². The maximum atomic E-state index is 10.5.